The lowest BCUT2D eigenvalue weighted by Crippen LogP contribution is -2.12. The number of pyridine rings is 1. The van der Waals surface area contributed by atoms with Crippen molar-refractivity contribution in [2.45, 2.75) is 19.1 Å². The number of ether oxygens (including phenoxy) is 2. The predicted octanol–water partition coefficient (Wildman–Crippen LogP) is 2.69. The van der Waals surface area contributed by atoms with E-state index in [9.17, 15) is 0 Å². The summed E-state index contributed by atoms with van der Waals surface area (Å²) in [5, 5.41) is 1.01. The van der Waals surface area contributed by atoms with Crippen LogP contribution in [0.3, 0.4) is 0 Å². The van der Waals surface area contributed by atoms with Crippen LogP contribution in [0.5, 0.6) is 0 Å². The van der Waals surface area contributed by atoms with Crippen LogP contribution in [0.1, 0.15) is 12.1 Å². The fraction of sp³-hybridized carbons (Fsp3) is 0.500. The molecule has 0 aliphatic carbocycles. The van der Waals surface area contributed by atoms with Gasteiger partial charge in [0.2, 0.25) is 0 Å². The molecule has 2 rings (SSSR count). The van der Waals surface area contributed by atoms with Crippen LogP contribution in [-0.4, -0.2) is 24.3 Å². The predicted molar refractivity (Wildman–Crippen MR) is 58.3 cm³/mol. The SMILES string of the molecule is Clc1ccc(Cl)c(COC2CCOC2)n1. The van der Waals surface area contributed by atoms with Gasteiger partial charge in [-0.15, -0.1) is 0 Å². The van der Waals surface area contributed by atoms with E-state index < -0.39 is 0 Å². The first-order chi connectivity index (χ1) is 7.25. The zero-order valence-electron chi connectivity index (χ0n) is 8.08. The van der Waals surface area contributed by atoms with Gasteiger partial charge in [0, 0.05) is 6.61 Å². The third-order valence-electron chi connectivity index (χ3n) is 2.23. The number of halogens is 2. The van der Waals surface area contributed by atoms with Gasteiger partial charge in [-0.3, -0.25) is 0 Å². The number of hydrogen-bond donors (Lipinski definition) is 0. The second-order valence-corrected chi connectivity index (χ2v) is 4.15. The summed E-state index contributed by atoms with van der Waals surface area (Å²) in [7, 11) is 0. The average molecular weight is 248 g/mol. The lowest BCUT2D eigenvalue weighted by molar-refractivity contribution is 0.0302. The van der Waals surface area contributed by atoms with Crippen LogP contribution in [-0.2, 0) is 16.1 Å². The average Bonchev–Trinajstić information content (AvgIpc) is 2.72. The molecule has 1 aliphatic rings. The molecule has 82 valence electrons. The third kappa shape index (κ3) is 3.05. The van der Waals surface area contributed by atoms with Crippen LogP contribution >= 0.6 is 23.2 Å². The Labute approximate surface area is 98.3 Å². The van der Waals surface area contributed by atoms with Gasteiger partial charge >= 0.3 is 0 Å². The topological polar surface area (TPSA) is 31.4 Å². The van der Waals surface area contributed by atoms with E-state index in [1.54, 1.807) is 12.1 Å². The lowest BCUT2D eigenvalue weighted by atomic mass is 10.3. The van der Waals surface area contributed by atoms with Gasteiger partial charge in [-0.1, -0.05) is 23.2 Å². The summed E-state index contributed by atoms with van der Waals surface area (Å²) < 4.78 is 10.8. The van der Waals surface area contributed by atoms with Gasteiger partial charge in [0.15, 0.2) is 0 Å². The summed E-state index contributed by atoms with van der Waals surface area (Å²) in [6, 6.07) is 3.38. The summed E-state index contributed by atoms with van der Waals surface area (Å²) in [6.07, 6.45) is 1.08. The van der Waals surface area contributed by atoms with Crippen LogP contribution in [0.2, 0.25) is 10.2 Å². The van der Waals surface area contributed by atoms with E-state index in [1.807, 2.05) is 0 Å². The Balaban J connectivity index is 1.94. The summed E-state index contributed by atoms with van der Waals surface area (Å²) >= 11 is 11.7. The smallest absolute Gasteiger partial charge is 0.129 e. The molecule has 0 aromatic carbocycles. The van der Waals surface area contributed by atoms with Crippen LogP contribution in [0, 0.1) is 0 Å². The molecule has 1 saturated heterocycles. The summed E-state index contributed by atoms with van der Waals surface area (Å²) in [5.41, 5.74) is 0.677. The zero-order valence-corrected chi connectivity index (χ0v) is 9.59. The molecule has 3 nitrogen and oxygen atoms in total. The van der Waals surface area contributed by atoms with Crippen molar-refractivity contribution in [2.24, 2.45) is 0 Å². The van der Waals surface area contributed by atoms with E-state index in [0.717, 1.165) is 13.0 Å². The Hall–Kier alpha value is -0.350. The molecule has 0 N–H and O–H groups in total. The van der Waals surface area contributed by atoms with Crippen LogP contribution < -0.4 is 0 Å². The highest BCUT2D eigenvalue weighted by Gasteiger charge is 2.16. The fourth-order valence-electron chi connectivity index (χ4n) is 1.40. The molecule has 1 aromatic rings. The van der Waals surface area contributed by atoms with E-state index >= 15 is 0 Å². The van der Waals surface area contributed by atoms with E-state index in [-0.39, 0.29) is 6.10 Å². The molecule has 5 heteroatoms. The Morgan fingerprint density at radius 1 is 1.47 bits per heavy atom. The number of rotatable bonds is 3. The lowest BCUT2D eigenvalue weighted by Gasteiger charge is -2.10. The highest BCUT2D eigenvalue weighted by atomic mass is 35.5. The van der Waals surface area contributed by atoms with Crippen molar-refractivity contribution in [3.8, 4) is 0 Å². The molecule has 1 unspecified atom stereocenters. The first-order valence-electron chi connectivity index (χ1n) is 4.76. The molecule has 0 amide bonds. The normalized spacial score (nSPS) is 20.8. The first-order valence-corrected chi connectivity index (χ1v) is 5.51. The molecule has 0 bridgehead atoms. The maximum absolute atomic E-state index is 5.95. The fourth-order valence-corrected chi connectivity index (χ4v) is 1.72. The van der Waals surface area contributed by atoms with Gasteiger partial charge in [0.25, 0.3) is 0 Å². The van der Waals surface area contributed by atoms with Crippen molar-refractivity contribution < 1.29 is 9.47 Å². The molecule has 0 saturated carbocycles. The van der Waals surface area contributed by atoms with Crippen molar-refractivity contribution in [3.05, 3.63) is 28.0 Å². The van der Waals surface area contributed by atoms with E-state index in [2.05, 4.69) is 4.98 Å². The molecule has 1 aliphatic heterocycles. The van der Waals surface area contributed by atoms with Gasteiger partial charge in [0.05, 0.1) is 30.0 Å². The first kappa shape index (κ1) is 11.1. The molecule has 1 fully saturated rings. The quantitative estimate of drug-likeness (QED) is 0.770. The monoisotopic (exact) mass is 247 g/mol. The zero-order chi connectivity index (χ0) is 10.7. The minimum Gasteiger partial charge on any atom is -0.379 e. The molecule has 0 radical (unpaired) electrons. The van der Waals surface area contributed by atoms with Crippen molar-refractivity contribution in [2.75, 3.05) is 13.2 Å². The van der Waals surface area contributed by atoms with Crippen LogP contribution in [0.4, 0.5) is 0 Å². The van der Waals surface area contributed by atoms with Gasteiger partial charge in [-0.05, 0) is 18.6 Å². The molecule has 2 heterocycles. The van der Waals surface area contributed by atoms with E-state index in [0.29, 0.717) is 29.1 Å². The molecular formula is C10H11Cl2NO2. The molecule has 1 atom stereocenters. The van der Waals surface area contributed by atoms with Gasteiger partial charge in [-0.25, -0.2) is 4.98 Å². The summed E-state index contributed by atoms with van der Waals surface area (Å²) in [5.74, 6) is 0. The van der Waals surface area contributed by atoms with E-state index in [4.69, 9.17) is 32.7 Å². The summed E-state index contributed by atoms with van der Waals surface area (Å²) in [4.78, 5) is 4.10. The van der Waals surface area contributed by atoms with Crippen molar-refractivity contribution in [1.82, 2.24) is 4.98 Å². The third-order valence-corrected chi connectivity index (χ3v) is 2.78. The summed E-state index contributed by atoms with van der Waals surface area (Å²) in [6.45, 7) is 1.80. The Bertz CT molecular complexity index is 340. The number of nitrogens with zero attached hydrogens (tertiary/aromatic N) is 1. The van der Waals surface area contributed by atoms with Crippen molar-refractivity contribution in [1.29, 1.82) is 0 Å². The molecule has 0 spiro atoms. The Kier molecular flexibility index (Phi) is 3.81. The standard InChI is InChI=1S/C10H11Cl2NO2/c11-8-1-2-10(12)13-9(8)6-15-7-3-4-14-5-7/h1-2,7H,3-6H2. The van der Waals surface area contributed by atoms with E-state index in [1.165, 1.54) is 0 Å². The van der Waals surface area contributed by atoms with Gasteiger partial charge in [-0.2, -0.15) is 0 Å². The maximum Gasteiger partial charge on any atom is 0.129 e. The van der Waals surface area contributed by atoms with Crippen LogP contribution in [0.25, 0.3) is 0 Å². The van der Waals surface area contributed by atoms with Crippen molar-refractivity contribution >= 4 is 23.2 Å². The largest absolute Gasteiger partial charge is 0.379 e. The molecular weight excluding hydrogens is 237 g/mol. The number of hydrogen-bond acceptors (Lipinski definition) is 3. The highest BCUT2D eigenvalue weighted by Crippen LogP contribution is 2.19. The highest BCUT2D eigenvalue weighted by molar-refractivity contribution is 6.32. The van der Waals surface area contributed by atoms with Crippen LogP contribution in [0.15, 0.2) is 12.1 Å². The second kappa shape index (κ2) is 5.12. The maximum atomic E-state index is 5.95. The van der Waals surface area contributed by atoms with Gasteiger partial charge in [0.1, 0.15) is 5.15 Å². The van der Waals surface area contributed by atoms with Crippen molar-refractivity contribution in [3.63, 3.8) is 0 Å². The minimum atomic E-state index is 0.154. The molecule has 15 heavy (non-hydrogen) atoms. The van der Waals surface area contributed by atoms with Gasteiger partial charge < -0.3 is 9.47 Å². The number of aromatic nitrogens is 1. The second-order valence-electron chi connectivity index (χ2n) is 3.36. The Morgan fingerprint density at radius 3 is 3.07 bits per heavy atom. The minimum absolute atomic E-state index is 0.154. The Morgan fingerprint density at radius 2 is 2.33 bits per heavy atom. The molecule has 1 aromatic heterocycles.